The molecule has 0 spiro atoms. The second-order valence-corrected chi connectivity index (χ2v) is 8.28. The number of benzene rings is 1. The van der Waals surface area contributed by atoms with Crippen LogP contribution in [0.2, 0.25) is 0 Å². The largest absolute Gasteiger partial charge is 0.465 e. The summed E-state index contributed by atoms with van der Waals surface area (Å²) < 4.78 is 12.4. The number of nitrogens with zero attached hydrogens (tertiary/aromatic N) is 5. The van der Waals surface area contributed by atoms with Crippen LogP contribution in [0.25, 0.3) is 10.9 Å². The van der Waals surface area contributed by atoms with E-state index in [0.29, 0.717) is 43.5 Å². The van der Waals surface area contributed by atoms with Crippen molar-refractivity contribution in [2.24, 2.45) is 17.0 Å². The van der Waals surface area contributed by atoms with Crippen LogP contribution in [-0.4, -0.2) is 70.2 Å². The number of methoxy groups -OCH3 is 1. The SMILES string of the molecule is C=CC(=NC(=NCc1c(C)cnn1C)c1cc(C(=O)OC)cc2[nH]ccc12)N1CCOCC1C. The van der Waals surface area contributed by atoms with E-state index in [1.54, 1.807) is 18.2 Å². The van der Waals surface area contributed by atoms with Gasteiger partial charge >= 0.3 is 5.97 Å². The van der Waals surface area contributed by atoms with Gasteiger partial charge in [0.25, 0.3) is 0 Å². The third-order valence-electron chi connectivity index (χ3n) is 6.04. The molecule has 0 aliphatic carbocycles. The van der Waals surface area contributed by atoms with E-state index in [-0.39, 0.29) is 6.04 Å². The summed E-state index contributed by atoms with van der Waals surface area (Å²) in [6, 6.07) is 5.66. The Morgan fingerprint density at radius 1 is 1.44 bits per heavy atom. The van der Waals surface area contributed by atoms with Gasteiger partial charge in [0.15, 0.2) is 5.84 Å². The topological polar surface area (TPSA) is 97.1 Å². The van der Waals surface area contributed by atoms with Gasteiger partial charge in [0.05, 0.1) is 50.4 Å². The molecule has 1 aliphatic rings. The molecule has 1 N–H and O–H groups in total. The molecule has 0 saturated carbocycles. The zero-order chi connectivity index (χ0) is 24.2. The number of nitrogens with one attached hydrogen (secondary N) is 1. The number of rotatable bonds is 5. The van der Waals surface area contributed by atoms with Gasteiger partial charge in [0, 0.05) is 36.3 Å². The lowest BCUT2D eigenvalue weighted by Crippen LogP contribution is -2.46. The van der Waals surface area contributed by atoms with Gasteiger partial charge in [-0.3, -0.25) is 9.67 Å². The lowest BCUT2D eigenvalue weighted by molar-refractivity contribution is 0.0337. The van der Waals surface area contributed by atoms with Crippen molar-refractivity contribution in [3.8, 4) is 0 Å². The third-order valence-corrected chi connectivity index (χ3v) is 6.04. The minimum Gasteiger partial charge on any atom is -0.465 e. The monoisotopic (exact) mass is 462 g/mol. The Kier molecular flexibility index (Phi) is 6.93. The minimum atomic E-state index is -0.422. The fraction of sp³-hybridized carbons (Fsp3) is 0.360. The lowest BCUT2D eigenvalue weighted by atomic mass is 10.0. The fourth-order valence-electron chi connectivity index (χ4n) is 4.12. The number of carbonyl (C=O) groups is 1. The van der Waals surface area contributed by atoms with Crippen LogP contribution in [0.4, 0.5) is 0 Å². The molecule has 1 aliphatic heterocycles. The van der Waals surface area contributed by atoms with Crippen LogP contribution in [0.15, 0.2) is 53.2 Å². The van der Waals surface area contributed by atoms with Gasteiger partial charge < -0.3 is 19.4 Å². The summed E-state index contributed by atoms with van der Waals surface area (Å²) in [6.07, 6.45) is 5.39. The number of morpholine rings is 1. The van der Waals surface area contributed by atoms with E-state index in [9.17, 15) is 4.79 Å². The first-order chi connectivity index (χ1) is 16.4. The maximum atomic E-state index is 12.4. The first-order valence-electron chi connectivity index (χ1n) is 11.2. The second kappa shape index (κ2) is 10.0. The number of ether oxygens (including phenoxy) is 2. The highest BCUT2D eigenvalue weighted by Crippen LogP contribution is 2.23. The highest BCUT2D eigenvalue weighted by Gasteiger charge is 2.22. The van der Waals surface area contributed by atoms with Crippen molar-refractivity contribution < 1.29 is 14.3 Å². The van der Waals surface area contributed by atoms with E-state index in [1.165, 1.54) is 7.11 Å². The smallest absolute Gasteiger partial charge is 0.337 e. The Morgan fingerprint density at radius 2 is 2.26 bits per heavy atom. The van der Waals surface area contributed by atoms with Crippen LogP contribution in [0.1, 0.15) is 34.1 Å². The maximum Gasteiger partial charge on any atom is 0.337 e. The summed E-state index contributed by atoms with van der Waals surface area (Å²) in [4.78, 5) is 27.6. The summed E-state index contributed by atoms with van der Waals surface area (Å²) in [5.41, 5.74) is 4.00. The summed E-state index contributed by atoms with van der Waals surface area (Å²) in [5.74, 6) is 0.794. The predicted octanol–water partition coefficient (Wildman–Crippen LogP) is 3.25. The van der Waals surface area contributed by atoms with Crippen LogP contribution < -0.4 is 0 Å². The van der Waals surface area contributed by atoms with Gasteiger partial charge in [-0.25, -0.2) is 9.79 Å². The fourth-order valence-corrected chi connectivity index (χ4v) is 4.12. The first-order valence-corrected chi connectivity index (χ1v) is 11.2. The average Bonchev–Trinajstić information content (AvgIpc) is 3.45. The standard InChI is InChI=1S/C25H30N6O3/c1-6-23(31-9-10-34-15-17(31)3)29-24(27-14-22-16(2)13-28-30(22)4)20-11-18(25(32)33-5)12-21-19(20)7-8-26-21/h6-8,11-13,17,26H,1,9-10,14-15H2,2-5H3. The Morgan fingerprint density at radius 3 is 2.94 bits per heavy atom. The molecule has 1 saturated heterocycles. The number of aliphatic imine (C=N–C) groups is 2. The molecule has 1 atom stereocenters. The van der Waals surface area contributed by atoms with E-state index in [2.05, 4.69) is 28.5 Å². The Balaban J connectivity index is 1.87. The second-order valence-electron chi connectivity index (χ2n) is 8.28. The van der Waals surface area contributed by atoms with Gasteiger partial charge in [-0.1, -0.05) is 6.58 Å². The van der Waals surface area contributed by atoms with E-state index < -0.39 is 5.97 Å². The van der Waals surface area contributed by atoms with Crippen molar-refractivity contribution in [2.75, 3.05) is 26.9 Å². The van der Waals surface area contributed by atoms with E-state index >= 15 is 0 Å². The van der Waals surface area contributed by atoms with Gasteiger partial charge in [-0.05, 0) is 43.7 Å². The predicted molar refractivity (Wildman–Crippen MR) is 132 cm³/mol. The van der Waals surface area contributed by atoms with Gasteiger partial charge in [0.1, 0.15) is 5.84 Å². The Labute approximate surface area is 198 Å². The van der Waals surface area contributed by atoms with Crippen molar-refractivity contribution in [3.63, 3.8) is 0 Å². The number of aromatic nitrogens is 3. The molecule has 1 aromatic carbocycles. The molecule has 34 heavy (non-hydrogen) atoms. The number of amidine groups is 2. The molecule has 9 nitrogen and oxygen atoms in total. The summed E-state index contributed by atoms with van der Waals surface area (Å²) in [6.45, 7) is 10.4. The minimum absolute atomic E-state index is 0.153. The van der Waals surface area contributed by atoms with Gasteiger partial charge in [-0.15, -0.1) is 0 Å². The third kappa shape index (κ3) is 4.65. The zero-order valence-corrected chi connectivity index (χ0v) is 20.0. The maximum absolute atomic E-state index is 12.4. The van der Waals surface area contributed by atoms with Gasteiger partial charge in [-0.2, -0.15) is 5.10 Å². The zero-order valence-electron chi connectivity index (χ0n) is 20.0. The highest BCUT2D eigenvalue weighted by molar-refractivity contribution is 6.16. The van der Waals surface area contributed by atoms with Crippen LogP contribution in [-0.2, 0) is 23.1 Å². The number of carbonyl (C=O) groups excluding carboxylic acids is 1. The van der Waals surface area contributed by atoms with Gasteiger partial charge in [0.2, 0.25) is 0 Å². The molecule has 3 aromatic rings. The summed E-state index contributed by atoms with van der Waals surface area (Å²) >= 11 is 0. The number of H-pyrrole nitrogens is 1. The molecule has 0 radical (unpaired) electrons. The number of esters is 1. The molecule has 9 heteroatoms. The van der Waals surface area contributed by atoms with Crippen molar-refractivity contribution >= 4 is 28.5 Å². The molecular formula is C25H30N6O3. The molecule has 3 heterocycles. The normalized spacial score (nSPS) is 17.3. The summed E-state index contributed by atoms with van der Waals surface area (Å²) in [7, 11) is 3.27. The number of hydrogen-bond donors (Lipinski definition) is 1. The van der Waals surface area contributed by atoms with Crippen molar-refractivity contribution in [3.05, 3.63) is 65.6 Å². The van der Waals surface area contributed by atoms with E-state index in [4.69, 9.17) is 19.5 Å². The molecule has 178 valence electrons. The van der Waals surface area contributed by atoms with E-state index in [0.717, 1.165) is 27.7 Å². The number of aryl methyl sites for hydroxylation is 2. The highest BCUT2D eigenvalue weighted by atomic mass is 16.5. The quantitative estimate of drug-likeness (QED) is 0.357. The van der Waals surface area contributed by atoms with Crippen molar-refractivity contribution in [2.45, 2.75) is 26.4 Å². The molecule has 1 fully saturated rings. The number of hydrogen-bond acceptors (Lipinski definition) is 5. The first kappa shape index (κ1) is 23.4. The molecular weight excluding hydrogens is 432 g/mol. The molecule has 0 amide bonds. The van der Waals surface area contributed by atoms with Crippen molar-refractivity contribution in [1.82, 2.24) is 19.7 Å². The average molecular weight is 463 g/mol. The Hall–Kier alpha value is -3.72. The van der Waals surface area contributed by atoms with Crippen LogP contribution in [0, 0.1) is 6.92 Å². The molecule has 1 unspecified atom stereocenters. The molecule has 2 aromatic heterocycles. The lowest BCUT2D eigenvalue weighted by Gasteiger charge is -2.34. The Bertz CT molecular complexity index is 1250. The number of aromatic amines is 1. The number of fused-ring (bicyclic) bond motifs is 1. The summed E-state index contributed by atoms with van der Waals surface area (Å²) in [5, 5.41) is 5.24. The van der Waals surface area contributed by atoms with E-state index in [1.807, 2.05) is 37.1 Å². The van der Waals surface area contributed by atoms with Crippen LogP contribution in [0.5, 0.6) is 0 Å². The van der Waals surface area contributed by atoms with Crippen LogP contribution in [0.3, 0.4) is 0 Å². The van der Waals surface area contributed by atoms with Crippen LogP contribution >= 0.6 is 0 Å². The molecule has 0 bridgehead atoms. The van der Waals surface area contributed by atoms with Crippen molar-refractivity contribution in [1.29, 1.82) is 0 Å². The molecule has 4 rings (SSSR count).